The van der Waals surface area contributed by atoms with Gasteiger partial charge in [-0.15, -0.1) is 0 Å². The van der Waals surface area contributed by atoms with Crippen molar-refractivity contribution in [1.29, 1.82) is 0 Å². The van der Waals surface area contributed by atoms with E-state index in [1.54, 1.807) is 0 Å². The summed E-state index contributed by atoms with van der Waals surface area (Å²) in [5.41, 5.74) is 2.03. The molecule has 7 heteroatoms. The van der Waals surface area contributed by atoms with Crippen LogP contribution in [0.25, 0.3) is 10.9 Å². The highest BCUT2D eigenvalue weighted by Gasteiger charge is 2.09. The number of para-hydroxylation sites is 1. The monoisotopic (exact) mass is 309 g/mol. The van der Waals surface area contributed by atoms with Gasteiger partial charge in [-0.25, -0.2) is 13.1 Å². The normalized spacial score (nSPS) is 11.7. The van der Waals surface area contributed by atoms with Gasteiger partial charge < -0.3 is 9.88 Å². The van der Waals surface area contributed by atoms with Gasteiger partial charge in [-0.2, -0.15) is 0 Å². The van der Waals surface area contributed by atoms with Gasteiger partial charge in [0.15, 0.2) is 0 Å². The van der Waals surface area contributed by atoms with Crippen molar-refractivity contribution < 1.29 is 13.2 Å². The van der Waals surface area contributed by atoms with Crippen molar-refractivity contribution in [2.24, 2.45) is 0 Å². The smallest absolute Gasteiger partial charge is 0.239 e. The second-order valence-corrected chi connectivity index (χ2v) is 6.78. The summed E-state index contributed by atoms with van der Waals surface area (Å²) >= 11 is 0. The lowest BCUT2D eigenvalue weighted by atomic mass is 10.2. The minimum atomic E-state index is -3.21. The number of carbonyl (C=O) groups is 1. The van der Waals surface area contributed by atoms with E-state index in [0.717, 1.165) is 22.9 Å². The topological polar surface area (TPSA) is 80.2 Å². The Morgan fingerprint density at radius 2 is 1.95 bits per heavy atom. The van der Waals surface area contributed by atoms with E-state index in [1.807, 2.05) is 41.8 Å². The summed E-state index contributed by atoms with van der Waals surface area (Å²) in [5, 5.41) is 3.80. The van der Waals surface area contributed by atoms with E-state index >= 15 is 0 Å². The average Bonchev–Trinajstić information content (AvgIpc) is 2.70. The highest BCUT2D eigenvalue weighted by atomic mass is 32.2. The van der Waals surface area contributed by atoms with Crippen LogP contribution in [0, 0.1) is 6.92 Å². The molecule has 0 aliphatic rings. The zero-order valence-electron chi connectivity index (χ0n) is 12.1. The van der Waals surface area contributed by atoms with Gasteiger partial charge in [0.1, 0.15) is 6.54 Å². The molecule has 0 saturated heterocycles. The molecule has 2 N–H and O–H groups in total. The van der Waals surface area contributed by atoms with Crippen molar-refractivity contribution >= 4 is 26.8 Å². The molecular weight excluding hydrogens is 290 g/mol. The van der Waals surface area contributed by atoms with Crippen LogP contribution in [0.3, 0.4) is 0 Å². The molecule has 1 aromatic carbocycles. The van der Waals surface area contributed by atoms with E-state index in [0.29, 0.717) is 0 Å². The van der Waals surface area contributed by atoms with Gasteiger partial charge in [-0.1, -0.05) is 18.2 Å². The highest BCUT2D eigenvalue weighted by molar-refractivity contribution is 7.88. The van der Waals surface area contributed by atoms with Crippen molar-refractivity contribution in [3.8, 4) is 0 Å². The number of sulfonamides is 1. The highest BCUT2D eigenvalue weighted by Crippen LogP contribution is 2.18. The van der Waals surface area contributed by atoms with Gasteiger partial charge in [0.25, 0.3) is 0 Å². The summed E-state index contributed by atoms with van der Waals surface area (Å²) in [6.45, 7) is 2.64. The fourth-order valence-corrected chi connectivity index (χ4v) is 2.67. The number of nitrogens with zero attached hydrogens (tertiary/aromatic N) is 1. The number of nitrogens with one attached hydrogen (secondary N) is 2. The van der Waals surface area contributed by atoms with Gasteiger partial charge in [-0.05, 0) is 24.4 Å². The summed E-state index contributed by atoms with van der Waals surface area (Å²) in [6, 6.07) is 9.91. The molecule has 2 rings (SSSR count). The summed E-state index contributed by atoms with van der Waals surface area (Å²) in [6.07, 6.45) is 1.09. The van der Waals surface area contributed by atoms with E-state index in [9.17, 15) is 13.2 Å². The van der Waals surface area contributed by atoms with Crippen LogP contribution in [0.1, 0.15) is 5.69 Å². The van der Waals surface area contributed by atoms with Crippen molar-refractivity contribution in [3.05, 3.63) is 36.0 Å². The maximum Gasteiger partial charge on any atom is 0.239 e. The summed E-state index contributed by atoms with van der Waals surface area (Å²) < 4.78 is 26.1. The summed E-state index contributed by atoms with van der Waals surface area (Å²) in [5.74, 6) is -0.144. The maximum atomic E-state index is 11.9. The molecular formula is C14H19N3O3S. The lowest BCUT2D eigenvalue weighted by molar-refractivity contribution is -0.121. The number of aryl methyl sites for hydroxylation is 1. The molecule has 1 heterocycles. The number of carbonyl (C=O) groups excluding carboxylic acids is 1. The Kier molecular flexibility index (Phi) is 4.64. The van der Waals surface area contributed by atoms with Crippen LogP contribution < -0.4 is 10.0 Å². The molecule has 0 saturated carbocycles. The fourth-order valence-electron chi connectivity index (χ4n) is 2.20. The number of rotatable bonds is 6. The maximum absolute atomic E-state index is 11.9. The quantitative estimate of drug-likeness (QED) is 0.768. The Hall–Kier alpha value is -1.86. The molecule has 2 aromatic rings. The SMILES string of the molecule is Cc1cc2ccccc2n1CC(=O)NCCNS(C)(=O)=O. The standard InChI is InChI=1S/C14H19N3O3S/c1-11-9-12-5-3-4-6-13(12)17(11)10-14(18)15-7-8-16-21(2,19)20/h3-6,9,16H,7-8,10H2,1-2H3,(H,15,18). The molecule has 0 aliphatic heterocycles. The van der Waals surface area contributed by atoms with Crippen molar-refractivity contribution in [1.82, 2.24) is 14.6 Å². The van der Waals surface area contributed by atoms with Crippen LogP contribution in [0.5, 0.6) is 0 Å². The first-order valence-corrected chi connectivity index (χ1v) is 8.52. The Morgan fingerprint density at radius 3 is 2.67 bits per heavy atom. The molecule has 21 heavy (non-hydrogen) atoms. The lowest BCUT2D eigenvalue weighted by Crippen LogP contribution is -2.35. The third kappa shape index (κ3) is 4.30. The van der Waals surface area contributed by atoms with Gasteiger partial charge in [0, 0.05) is 24.3 Å². The van der Waals surface area contributed by atoms with E-state index in [1.165, 1.54) is 0 Å². The molecule has 114 valence electrons. The van der Waals surface area contributed by atoms with Crippen LogP contribution in [0.4, 0.5) is 0 Å². The number of hydrogen-bond acceptors (Lipinski definition) is 3. The molecule has 0 aliphatic carbocycles. The molecule has 0 atom stereocenters. The second kappa shape index (κ2) is 6.28. The number of amides is 1. The Bertz CT molecular complexity index is 750. The minimum absolute atomic E-state index is 0.144. The average molecular weight is 309 g/mol. The molecule has 1 aromatic heterocycles. The predicted octanol–water partition coefficient (Wildman–Crippen LogP) is 0.615. The van der Waals surface area contributed by atoms with E-state index in [4.69, 9.17) is 0 Å². The third-order valence-electron chi connectivity index (χ3n) is 3.13. The van der Waals surface area contributed by atoms with Crippen molar-refractivity contribution in [2.75, 3.05) is 19.3 Å². The van der Waals surface area contributed by atoms with E-state index in [2.05, 4.69) is 10.0 Å². The van der Waals surface area contributed by atoms with Crippen LogP contribution in [0.2, 0.25) is 0 Å². The lowest BCUT2D eigenvalue weighted by Gasteiger charge is -2.09. The first-order valence-electron chi connectivity index (χ1n) is 6.63. The van der Waals surface area contributed by atoms with Crippen LogP contribution in [0.15, 0.2) is 30.3 Å². The summed E-state index contributed by atoms with van der Waals surface area (Å²) in [4.78, 5) is 11.9. The first kappa shape index (κ1) is 15.5. The molecule has 0 unspecified atom stereocenters. The largest absolute Gasteiger partial charge is 0.353 e. The Labute approximate surface area is 124 Å². The van der Waals surface area contributed by atoms with Crippen LogP contribution in [-0.2, 0) is 21.4 Å². The molecule has 1 amide bonds. The number of benzene rings is 1. The molecule has 0 radical (unpaired) electrons. The molecule has 0 spiro atoms. The van der Waals surface area contributed by atoms with Crippen molar-refractivity contribution in [3.63, 3.8) is 0 Å². The van der Waals surface area contributed by atoms with Crippen LogP contribution >= 0.6 is 0 Å². The van der Waals surface area contributed by atoms with E-state index in [-0.39, 0.29) is 25.5 Å². The molecule has 0 fully saturated rings. The minimum Gasteiger partial charge on any atom is -0.353 e. The van der Waals surface area contributed by atoms with Crippen LogP contribution in [-0.4, -0.2) is 38.2 Å². The first-order chi connectivity index (χ1) is 9.87. The van der Waals surface area contributed by atoms with Gasteiger partial charge in [-0.3, -0.25) is 4.79 Å². The zero-order valence-corrected chi connectivity index (χ0v) is 12.9. The van der Waals surface area contributed by atoms with Gasteiger partial charge >= 0.3 is 0 Å². The Balaban J connectivity index is 1.94. The Morgan fingerprint density at radius 1 is 1.24 bits per heavy atom. The summed E-state index contributed by atoms with van der Waals surface area (Å²) in [7, 11) is -3.21. The fraction of sp³-hybridized carbons (Fsp3) is 0.357. The molecule has 6 nitrogen and oxygen atoms in total. The van der Waals surface area contributed by atoms with Gasteiger partial charge in [0.05, 0.1) is 6.26 Å². The zero-order chi connectivity index (χ0) is 15.5. The molecule has 0 bridgehead atoms. The second-order valence-electron chi connectivity index (χ2n) is 4.95. The predicted molar refractivity (Wildman–Crippen MR) is 82.5 cm³/mol. The van der Waals surface area contributed by atoms with Crippen molar-refractivity contribution in [2.45, 2.75) is 13.5 Å². The van der Waals surface area contributed by atoms with Gasteiger partial charge in [0.2, 0.25) is 15.9 Å². The van der Waals surface area contributed by atoms with E-state index < -0.39 is 10.0 Å². The third-order valence-corrected chi connectivity index (χ3v) is 3.86. The number of aromatic nitrogens is 1. The number of fused-ring (bicyclic) bond motifs is 1. The number of hydrogen-bond donors (Lipinski definition) is 2.